The van der Waals surface area contributed by atoms with Gasteiger partial charge in [-0.2, -0.15) is 0 Å². The number of para-hydroxylation sites is 1. The van der Waals surface area contributed by atoms with Gasteiger partial charge in [0.15, 0.2) is 0 Å². The Morgan fingerprint density at radius 3 is 2.71 bits per heavy atom. The molecular formula is C11H13ClO2. The van der Waals surface area contributed by atoms with Crippen molar-refractivity contribution in [2.45, 2.75) is 31.5 Å². The van der Waals surface area contributed by atoms with E-state index in [0.29, 0.717) is 10.8 Å². The van der Waals surface area contributed by atoms with Gasteiger partial charge in [-0.3, -0.25) is 0 Å². The largest absolute Gasteiger partial charge is 0.486 e. The van der Waals surface area contributed by atoms with Crippen molar-refractivity contribution in [3.05, 3.63) is 29.3 Å². The lowest BCUT2D eigenvalue weighted by molar-refractivity contribution is -0.118. The molecule has 0 aromatic heterocycles. The van der Waals surface area contributed by atoms with Crippen molar-refractivity contribution in [2.24, 2.45) is 0 Å². The molecule has 0 heterocycles. The summed E-state index contributed by atoms with van der Waals surface area (Å²) in [6.07, 6.45) is 1.56. The van der Waals surface area contributed by atoms with E-state index < -0.39 is 5.60 Å². The highest BCUT2D eigenvalue weighted by atomic mass is 35.5. The lowest BCUT2D eigenvalue weighted by atomic mass is 9.78. The zero-order chi connectivity index (χ0) is 10.2. The Bertz CT molecular complexity index is 336. The highest BCUT2D eigenvalue weighted by Gasteiger charge is 2.43. The van der Waals surface area contributed by atoms with Gasteiger partial charge in [0.1, 0.15) is 11.9 Å². The minimum absolute atomic E-state index is 0.123. The van der Waals surface area contributed by atoms with E-state index in [4.69, 9.17) is 16.3 Å². The van der Waals surface area contributed by atoms with Crippen LogP contribution in [0.3, 0.4) is 0 Å². The fourth-order valence-electron chi connectivity index (χ4n) is 1.56. The van der Waals surface area contributed by atoms with Crippen LogP contribution in [0.25, 0.3) is 0 Å². The van der Waals surface area contributed by atoms with Gasteiger partial charge >= 0.3 is 0 Å². The van der Waals surface area contributed by atoms with Gasteiger partial charge in [-0.15, -0.1) is 0 Å². The van der Waals surface area contributed by atoms with E-state index in [-0.39, 0.29) is 6.10 Å². The Labute approximate surface area is 88.5 Å². The zero-order valence-electron chi connectivity index (χ0n) is 8.03. The Balaban J connectivity index is 2.08. The first-order valence-electron chi connectivity index (χ1n) is 4.73. The van der Waals surface area contributed by atoms with E-state index in [2.05, 4.69) is 0 Å². The van der Waals surface area contributed by atoms with E-state index in [9.17, 15) is 5.11 Å². The summed E-state index contributed by atoms with van der Waals surface area (Å²) in [6, 6.07) is 7.32. The van der Waals surface area contributed by atoms with Crippen molar-refractivity contribution in [1.82, 2.24) is 0 Å². The van der Waals surface area contributed by atoms with Crippen LogP contribution in [0.15, 0.2) is 24.3 Å². The molecule has 2 nitrogen and oxygen atoms in total. The Morgan fingerprint density at radius 2 is 2.21 bits per heavy atom. The molecule has 2 rings (SSSR count). The Morgan fingerprint density at radius 1 is 1.50 bits per heavy atom. The number of rotatable bonds is 2. The fraction of sp³-hybridized carbons (Fsp3) is 0.455. The smallest absolute Gasteiger partial charge is 0.138 e. The van der Waals surface area contributed by atoms with Crippen LogP contribution in [0.5, 0.6) is 5.75 Å². The van der Waals surface area contributed by atoms with Crippen molar-refractivity contribution in [3.63, 3.8) is 0 Å². The first kappa shape index (κ1) is 9.81. The minimum Gasteiger partial charge on any atom is -0.486 e. The third-order valence-corrected chi connectivity index (χ3v) is 3.02. The molecular weight excluding hydrogens is 200 g/mol. The number of aliphatic hydroxyl groups is 1. The first-order chi connectivity index (χ1) is 6.59. The van der Waals surface area contributed by atoms with Crippen LogP contribution in [-0.2, 0) is 0 Å². The van der Waals surface area contributed by atoms with Crippen molar-refractivity contribution in [1.29, 1.82) is 0 Å². The second kappa shape index (κ2) is 3.44. The predicted molar refractivity (Wildman–Crippen MR) is 55.7 cm³/mol. The fourth-order valence-corrected chi connectivity index (χ4v) is 1.74. The maximum absolute atomic E-state index is 9.76. The molecule has 0 amide bonds. The van der Waals surface area contributed by atoms with Crippen molar-refractivity contribution in [2.75, 3.05) is 0 Å². The average Bonchev–Trinajstić information content (AvgIpc) is 2.15. The molecule has 3 heteroatoms. The van der Waals surface area contributed by atoms with Gasteiger partial charge < -0.3 is 9.84 Å². The van der Waals surface area contributed by atoms with E-state index in [0.717, 1.165) is 12.8 Å². The van der Waals surface area contributed by atoms with Crippen molar-refractivity contribution < 1.29 is 9.84 Å². The minimum atomic E-state index is -0.695. The molecule has 14 heavy (non-hydrogen) atoms. The number of ether oxygens (including phenoxy) is 1. The first-order valence-corrected chi connectivity index (χ1v) is 5.11. The summed E-state index contributed by atoms with van der Waals surface area (Å²) in [5.74, 6) is 0.652. The van der Waals surface area contributed by atoms with Crippen LogP contribution in [-0.4, -0.2) is 16.8 Å². The quantitative estimate of drug-likeness (QED) is 0.817. The summed E-state index contributed by atoms with van der Waals surface area (Å²) in [6.45, 7) is 1.79. The number of halogens is 1. The monoisotopic (exact) mass is 212 g/mol. The molecule has 1 aliphatic carbocycles. The maximum Gasteiger partial charge on any atom is 0.138 e. The molecule has 0 aliphatic heterocycles. The molecule has 76 valence electrons. The second-order valence-corrected chi connectivity index (χ2v) is 4.34. The maximum atomic E-state index is 9.76. The van der Waals surface area contributed by atoms with Crippen LogP contribution in [0.1, 0.15) is 19.8 Å². The molecule has 2 atom stereocenters. The molecule has 1 aliphatic rings. The molecule has 0 unspecified atom stereocenters. The standard InChI is InChI=1S/C11H13ClO2/c1-11(13)7-6-10(11)14-9-5-3-2-4-8(9)12/h2-5,10,13H,6-7H2,1H3/t10-,11-/m0/s1. The molecule has 1 aromatic rings. The summed E-state index contributed by atoms with van der Waals surface area (Å²) in [4.78, 5) is 0. The van der Waals surface area contributed by atoms with Gasteiger partial charge in [0, 0.05) is 0 Å². The number of benzene rings is 1. The number of hydrogen-bond acceptors (Lipinski definition) is 2. The number of hydrogen-bond donors (Lipinski definition) is 1. The van der Waals surface area contributed by atoms with Crippen LogP contribution in [0, 0.1) is 0 Å². The van der Waals surface area contributed by atoms with Gasteiger partial charge in [-0.05, 0) is 31.9 Å². The van der Waals surface area contributed by atoms with Crippen LogP contribution >= 0.6 is 11.6 Å². The summed E-state index contributed by atoms with van der Waals surface area (Å²) in [7, 11) is 0. The Kier molecular flexibility index (Phi) is 2.41. The topological polar surface area (TPSA) is 29.5 Å². The molecule has 0 bridgehead atoms. The second-order valence-electron chi connectivity index (χ2n) is 3.93. The van der Waals surface area contributed by atoms with Crippen LogP contribution in [0.4, 0.5) is 0 Å². The highest BCUT2D eigenvalue weighted by Crippen LogP contribution is 2.36. The predicted octanol–water partition coefficient (Wildman–Crippen LogP) is 2.63. The van der Waals surface area contributed by atoms with E-state index in [1.54, 1.807) is 13.0 Å². The van der Waals surface area contributed by atoms with E-state index >= 15 is 0 Å². The molecule has 0 spiro atoms. The third kappa shape index (κ3) is 1.72. The molecule has 1 N–H and O–H groups in total. The summed E-state index contributed by atoms with van der Waals surface area (Å²) >= 11 is 5.94. The van der Waals surface area contributed by atoms with Gasteiger partial charge in [0.25, 0.3) is 0 Å². The van der Waals surface area contributed by atoms with E-state index in [1.165, 1.54) is 0 Å². The summed E-state index contributed by atoms with van der Waals surface area (Å²) in [5.41, 5.74) is -0.695. The normalized spacial score (nSPS) is 30.9. The SMILES string of the molecule is C[C@]1(O)CC[C@@H]1Oc1ccccc1Cl. The summed E-state index contributed by atoms with van der Waals surface area (Å²) < 4.78 is 5.61. The van der Waals surface area contributed by atoms with Gasteiger partial charge in [0.05, 0.1) is 10.6 Å². The van der Waals surface area contributed by atoms with Crippen LogP contribution < -0.4 is 4.74 Å². The molecule has 0 radical (unpaired) electrons. The summed E-state index contributed by atoms with van der Waals surface area (Å²) in [5, 5.41) is 10.3. The van der Waals surface area contributed by atoms with E-state index in [1.807, 2.05) is 18.2 Å². The third-order valence-electron chi connectivity index (χ3n) is 2.71. The highest BCUT2D eigenvalue weighted by molar-refractivity contribution is 6.32. The van der Waals surface area contributed by atoms with Crippen molar-refractivity contribution in [3.8, 4) is 5.75 Å². The lowest BCUT2D eigenvalue weighted by Crippen LogP contribution is -2.52. The van der Waals surface area contributed by atoms with Gasteiger partial charge in [-0.1, -0.05) is 23.7 Å². The zero-order valence-corrected chi connectivity index (χ0v) is 8.79. The van der Waals surface area contributed by atoms with Crippen LogP contribution in [0.2, 0.25) is 5.02 Å². The average molecular weight is 213 g/mol. The molecule has 0 saturated heterocycles. The Hall–Kier alpha value is -0.730. The molecule has 1 saturated carbocycles. The molecule has 1 aromatic carbocycles. The van der Waals surface area contributed by atoms with Gasteiger partial charge in [-0.25, -0.2) is 0 Å². The van der Waals surface area contributed by atoms with Crippen molar-refractivity contribution >= 4 is 11.6 Å². The lowest BCUT2D eigenvalue weighted by Gasteiger charge is -2.42. The van der Waals surface area contributed by atoms with Gasteiger partial charge in [0.2, 0.25) is 0 Å². The molecule has 1 fully saturated rings.